The highest BCUT2D eigenvalue weighted by Crippen LogP contribution is 2.58. The van der Waals surface area contributed by atoms with Gasteiger partial charge in [0.1, 0.15) is 18.7 Å². The molecule has 3 aromatic rings. The summed E-state index contributed by atoms with van der Waals surface area (Å²) in [5.74, 6) is -1.11. The number of rotatable bonds is 19. The number of esters is 2. The van der Waals surface area contributed by atoms with E-state index < -0.39 is 30.5 Å². The second kappa shape index (κ2) is 16.8. The zero-order valence-electron chi connectivity index (χ0n) is 27.9. The van der Waals surface area contributed by atoms with E-state index in [2.05, 4.69) is 44.7 Å². The van der Waals surface area contributed by atoms with Crippen molar-refractivity contribution in [3.63, 3.8) is 0 Å². The molecule has 0 amide bonds. The van der Waals surface area contributed by atoms with E-state index in [9.17, 15) is 18.9 Å². The van der Waals surface area contributed by atoms with Crippen LogP contribution < -0.4 is 15.8 Å². The van der Waals surface area contributed by atoms with Gasteiger partial charge in [-0.25, -0.2) is 9.55 Å². The third-order valence-corrected chi connectivity index (χ3v) is 10.7. The highest BCUT2D eigenvalue weighted by atomic mass is 79.9. The third kappa shape index (κ3) is 10.0. The summed E-state index contributed by atoms with van der Waals surface area (Å²) < 4.78 is 40.2. The first kappa shape index (κ1) is 37.3. The molecular formula is C33H45BrN5O8P. The molecule has 1 fully saturated rings. The Labute approximate surface area is 288 Å². The van der Waals surface area contributed by atoms with Crippen LogP contribution in [0.4, 0.5) is 5.95 Å². The Morgan fingerprint density at radius 3 is 2.50 bits per heavy atom. The first-order valence-corrected chi connectivity index (χ1v) is 18.9. The molecule has 1 aromatic carbocycles. The van der Waals surface area contributed by atoms with E-state index in [0.29, 0.717) is 25.2 Å². The second-order valence-corrected chi connectivity index (χ2v) is 15.3. The topological polar surface area (TPSA) is 178 Å². The standard InChI is InChI=1S/C33H45BrN5O8P/c1-5-8-23(9-6-2)17-44-31(42)22(4)18-48(43,47-26-13-11-25(34)12-14-26)46-20-33(19-45-27(40)10-7-3)15-24(33)16-39-21-36-28-29(39)37-32(35)38-30(28)41/h11-14,16,21-23H,5-10,15,17-20H2,1-4H3,(H3,35,37,38,41)/b24-16-/t22-,33+,48+/m1/s1. The number of nitrogens with one attached hydrogen (secondary N) is 1. The van der Waals surface area contributed by atoms with Crippen LogP contribution in [0, 0.1) is 17.3 Å². The van der Waals surface area contributed by atoms with Gasteiger partial charge in [-0.05, 0) is 61.4 Å². The molecule has 0 spiro atoms. The minimum atomic E-state index is -3.98. The number of carbonyl (C=O) groups excluding carboxylic acids is 2. The van der Waals surface area contributed by atoms with Crippen LogP contribution in [0.15, 0.2) is 45.4 Å². The second-order valence-electron chi connectivity index (χ2n) is 12.4. The van der Waals surface area contributed by atoms with Crippen molar-refractivity contribution < 1.29 is 32.7 Å². The van der Waals surface area contributed by atoms with Crippen molar-refractivity contribution in [3.05, 3.63) is 51.0 Å². The molecular weight excluding hydrogens is 705 g/mol. The van der Waals surface area contributed by atoms with Crippen LogP contribution in [-0.4, -0.2) is 57.4 Å². The number of nitrogen functional groups attached to an aromatic ring is 1. The fraction of sp³-hybridized carbons (Fsp3) is 0.545. The molecule has 0 unspecified atom stereocenters. The number of fused-ring (bicyclic) bond motifs is 1. The van der Waals surface area contributed by atoms with Crippen LogP contribution in [0.3, 0.4) is 0 Å². The maximum absolute atomic E-state index is 14.4. The third-order valence-electron chi connectivity index (χ3n) is 8.14. The molecule has 0 saturated heterocycles. The van der Waals surface area contributed by atoms with Gasteiger partial charge in [-0.15, -0.1) is 0 Å². The van der Waals surface area contributed by atoms with Crippen molar-refractivity contribution in [2.75, 3.05) is 31.7 Å². The maximum Gasteiger partial charge on any atom is 0.380 e. The first-order chi connectivity index (χ1) is 22.9. The Balaban J connectivity index is 1.57. The Kier molecular flexibility index (Phi) is 13.0. The Bertz CT molecular complexity index is 1700. The van der Waals surface area contributed by atoms with Crippen LogP contribution in [-0.2, 0) is 28.2 Å². The first-order valence-electron chi connectivity index (χ1n) is 16.3. The van der Waals surface area contributed by atoms with Gasteiger partial charge in [0.25, 0.3) is 5.56 Å². The van der Waals surface area contributed by atoms with E-state index in [4.69, 9.17) is 24.3 Å². The molecule has 1 saturated carbocycles. The van der Waals surface area contributed by atoms with Gasteiger partial charge in [0.2, 0.25) is 5.95 Å². The maximum atomic E-state index is 14.4. The van der Waals surface area contributed by atoms with Gasteiger partial charge >= 0.3 is 19.5 Å². The number of hydrogen-bond donors (Lipinski definition) is 2. The number of benzene rings is 1. The Hall–Kier alpha value is -3.48. The largest absolute Gasteiger partial charge is 0.465 e. The number of aromatic nitrogens is 4. The highest BCUT2D eigenvalue weighted by Gasteiger charge is 2.52. The molecule has 15 heteroatoms. The fourth-order valence-corrected chi connectivity index (χ4v) is 7.61. The zero-order valence-corrected chi connectivity index (χ0v) is 30.4. The number of aromatic amines is 1. The van der Waals surface area contributed by atoms with Crippen molar-refractivity contribution in [3.8, 4) is 5.75 Å². The number of hydrogen-bond acceptors (Lipinski definition) is 11. The molecule has 3 N–H and O–H groups in total. The summed E-state index contributed by atoms with van der Waals surface area (Å²) in [4.78, 5) is 48.5. The van der Waals surface area contributed by atoms with Gasteiger partial charge in [0.15, 0.2) is 11.2 Å². The molecule has 2 heterocycles. The average Bonchev–Trinajstić information content (AvgIpc) is 3.57. The minimum Gasteiger partial charge on any atom is -0.465 e. The van der Waals surface area contributed by atoms with Crippen molar-refractivity contribution in [1.29, 1.82) is 0 Å². The van der Waals surface area contributed by atoms with Crippen molar-refractivity contribution in [2.24, 2.45) is 17.3 Å². The number of ether oxygens (including phenoxy) is 2. The minimum absolute atomic E-state index is 0.0351. The molecule has 1 aliphatic rings. The summed E-state index contributed by atoms with van der Waals surface area (Å²) in [5.41, 5.74) is 5.60. The SMILES string of the molecule is CCCC(=O)OC[C@]1(CO[P@@](=O)(C[C@@H](C)C(=O)OCC(CCC)CCC)Oc2ccc(Br)cc2)C/C1=C/n1cnc2c(=O)[nH]c(N)nc21. The summed E-state index contributed by atoms with van der Waals surface area (Å²) in [6, 6.07) is 6.80. The number of imidazole rings is 1. The number of nitrogens with zero attached hydrogens (tertiary/aromatic N) is 3. The predicted molar refractivity (Wildman–Crippen MR) is 186 cm³/mol. The van der Waals surface area contributed by atoms with Crippen LogP contribution in [0.25, 0.3) is 17.4 Å². The van der Waals surface area contributed by atoms with E-state index >= 15 is 0 Å². The van der Waals surface area contributed by atoms with Crippen LogP contribution in [0.1, 0.15) is 72.6 Å². The lowest BCUT2D eigenvalue weighted by Crippen LogP contribution is -2.25. The van der Waals surface area contributed by atoms with Crippen LogP contribution in [0.5, 0.6) is 5.75 Å². The van der Waals surface area contributed by atoms with Gasteiger partial charge in [-0.2, -0.15) is 4.98 Å². The predicted octanol–water partition coefficient (Wildman–Crippen LogP) is 6.72. The molecule has 48 heavy (non-hydrogen) atoms. The van der Waals surface area contributed by atoms with Gasteiger partial charge in [0.05, 0.1) is 30.7 Å². The number of nitrogens with two attached hydrogens (primary N) is 1. The number of carbonyl (C=O) groups is 2. The molecule has 3 atom stereocenters. The van der Waals surface area contributed by atoms with Gasteiger partial charge in [-0.3, -0.25) is 28.5 Å². The Morgan fingerprint density at radius 1 is 1.12 bits per heavy atom. The summed E-state index contributed by atoms with van der Waals surface area (Å²) in [6.07, 6.45) is 8.13. The number of halogens is 1. The van der Waals surface area contributed by atoms with E-state index in [1.807, 2.05) is 6.92 Å². The van der Waals surface area contributed by atoms with E-state index in [1.165, 1.54) is 6.33 Å². The molecule has 0 aliphatic heterocycles. The average molecular weight is 751 g/mol. The van der Waals surface area contributed by atoms with E-state index in [1.54, 1.807) is 42.0 Å². The van der Waals surface area contributed by atoms with Crippen molar-refractivity contribution >= 4 is 58.8 Å². The van der Waals surface area contributed by atoms with Crippen molar-refractivity contribution in [2.45, 2.75) is 72.6 Å². The Morgan fingerprint density at radius 2 is 1.83 bits per heavy atom. The lowest BCUT2D eigenvalue weighted by atomic mass is 9.99. The van der Waals surface area contributed by atoms with Gasteiger partial charge in [0, 0.05) is 17.1 Å². The van der Waals surface area contributed by atoms with E-state index in [-0.39, 0.29) is 54.8 Å². The van der Waals surface area contributed by atoms with E-state index in [0.717, 1.165) is 35.7 Å². The highest BCUT2D eigenvalue weighted by molar-refractivity contribution is 9.10. The monoisotopic (exact) mass is 749 g/mol. The number of anilines is 1. The lowest BCUT2D eigenvalue weighted by Gasteiger charge is -2.25. The summed E-state index contributed by atoms with van der Waals surface area (Å²) in [5, 5.41) is 0. The molecule has 0 bridgehead atoms. The molecule has 4 rings (SSSR count). The summed E-state index contributed by atoms with van der Waals surface area (Å²) >= 11 is 3.39. The zero-order chi connectivity index (χ0) is 34.9. The van der Waals surface area contributed by atoms with Gasteiger partial charge < -0.3 is 19.7 Å². The molecule has 262 valence electrons. The van der Waals surface area contributed by atoms with Gasteiger partial charge in [-0.1, -0.05) is 56.5 Å². The summed E-state index contributed by atoms with van der Waals surface area (Å²) in [6.45, 7) is 7.86. The molecule has 1 aliphatic carbocycles. The molecule has 2 aromatic heterocycles. The molecule has 13 nitrogen and oxygen atoms in total. The summed E-state index contributed by atoms with van der Waals surface area (Å²) in [7, 11) is -3.98. The van der Waals surface area contributed by atoms with Crippen LogP contribution in [0.2, 0.25) is 0 Å². The number of H-pyrrole nitrogens is 1. The van der Waals surface area contributed by atoms with Crippen molar-refractivity contribution in [1.82, 2.24) is 19.5 Å². The normalized spacial score (nSPS) is 18.5. The quantitative estimate of drug-likeness (QED) is 0.0982. The lowest BCUT2D eigenvalue weighted by molar-refractivity contribution is -0.149. The smallest absolute Gasteiger partial charge is 0.380 e. The van der Waals surface area contributed by atoms with Crippen LogP contribution >= 0.6 is 23.5 Å². The molecule has 0 radical (unpaired) electrons. The fourth-order valence-electron chi connectivity index (χ4n) is 5.41.